The Morgan fingerprint density at radius 1 is 1.47 bits per heavy atom. The van der Waals surface area contributed by atoms with Crippen LogP contribution in [0.1, 0.15) is 38.3 Å². The second-order valence-electron chi connectivity index (χ2n) is 4.81. The van der Waals surface area contributed by atoms with Crippen LogP contribution in [0.2, 0.25) is 0 Å². The summed E-state index contributed by atoms with van der Waals surface area (Å²) in [6.45, 7) is 9.55. The van der Waals surface area contributed by atoms with Gasteiger partial charge in [-0.2, -0.15) is 0 Å². The minimum absolute atomic E-state index is 0.150. The fourth-order valence-corrected chi connectivity index (χ4v) is 2.28. The summed E-state index contributed by atoms with van der Waals surface area (Å²) in [5.74, 6) is -0.150. The van der Waals surface area contributed by atoms with E-state index in [9.17, 15) is 4.39 Å². The minimum Gasteiger partial charge on any atom is -0.372 e. The van der Waals surface area contributed by atoms with Gasteiger partial charge in [-0.05, 0) is 37.9 Å². The molecule has 0 amide bonds. The topological polar surface area (TPSA) is 15.3 Å². The predicted molar refractivity (Wildman–Crippen MR) is 81.2 cm³/mol. The zero-order chi connectivity index (χ0) is 14.3. The van der Waals surface area contributed by atoms with Crippen molar-refractivity contribution in [2.45, 2.75) is 32.7 Å². The normalized spacial score (nSPS) is 12.2. The molecule has 1 rings (SSSR count). The highest BCUT2D eigenvalue weighted by molar-refractivity contribution is 5.55. The lowest BCUT2D eigenvalue weighted by atomic mass is 10.0. The van der Waals surface area contributed by atoms with Crippen molar-refractivity contribution in [1.82, 2.24) is 5.32 Å². The van der Waals surface area contributed by atoms with Crippen molar-refractivity contribution in [3.8, 4) is 0 Å². The quantitative estimate of drug-likeness (QED) is 0.566. The van der Waals surface area contributed by atoms with Gasteiger partial charge < -0.3 is 10.2 Å². The van der Waals surface area contributed by atoms with E-state index in [0.29, 0.717) is 5.69 Å². The molecule has 106 valence electrons. The summed E-state index contributed by atoms with van der Waals surface area (Å²) < 4.78 is 14.1. The summed E-state index contributed by atoms with van der Waals surface area (Å²) in [7, 11) is 1.95. The summed E-state index contributed by atoms with van der Waals surface area (Å²) >= 11 is 0. The average Bonchev–Trinajstić information content (AvgIpc) is 2.38. The molecule has 1 aromatic rings. The van der Waals surface area contributed by atoms with Crippen molar-refractivity contribution in [2.24, 2.45) is 0 Å². The van der Waals surface area contributed by atoms with Crippen molar-refractivity contribution >= 4 is 5.69 Å². The maximum Gasteiger partial charge on any atom is 0.146 e. The molecule has 0 heterocycles. The van der Waals surface area contributed by atoms with Crippen LogP contribution in [0, 0.1) is 5.82 Å². The van der Waals surface area contributed by atoms with Crippen molar-refractivity contribution in [3.63, 3.8) is 0 Å². The highest BCUT2D eigenvalue weighted by atomic mass is 19.1. The number of halogens is 1. The SMILES string of the molecule is C=CCCCN(C)c1c(F)cccc1C(C)NCC. The molecule has 0 spiro atoms. The number of nitrogens with zero attached hydrogens (tertiary/aromatic N) is 1. The first-order valence-electron chi connectivity index (χ1n) is 6.95. The fraction of sp³-hybridized carbons (Fsp3) is 0.500. The van der Waals surface area contributed by atoms with Crippen LogP contribution in [-0.2, 0) is 0 Å². The Morgan fingerprint density at radius 2 is 2.21 bits per heavy atom. The van der Waals surface area contributed by atoms with E-state index in [1.165, 1.54) is 6.07 Å². The average molecular weight is 264 g/mol. The number of benzene rings is 1. The second kappa shape index (κ2) is 7.95. The molecule has 19 heavy (non-hydrogen) atoms. The van der Waals surface area contributed by atoms with E-state index in [4.69, 9.17) is 0 Å². The van der Waals surface area contributed by atoms with Crippen LogP contribution in [0.5, 0.6) is 0 Å². The molecule has 0 saturated heterocycles. The number of rotatable bonds is 8. The molecule has 3 heteroatoms. The second-order valence-corrected chi connectivity index (χ2v) is 4.81. The number of allylic oxidation sites excluding steroid dienone is 1. The van der Waals surface area contributed by atoms with Gasteiger partial charge in [-0.3, -0.25) is 0 Å². The largest absolute Gasteiger partial charge is 0.372 e. The number of hydrogen-bond donors (Lipinski definition) is 1. The molecule has 0 bridgehead atoms. The number of hydrogen-bond acceptors (Lipinski definition) is 2. The Balaban J connectivity index is 2.93. The van der Waals surface area contributed by atoms with Gasteiger partial charge >= 0.3 is 0 Å². The zero-order valence-corrected chi connectivity index (χ0v) is 12.2. The molecule has 1 unspecified atom stereocenters. The van der Waals surface area contributed by atoms with Crippen LogP contribution in [0.25, 0.3) is 0 Å². The molecular weight excluding hydrogens is 239 g/mol. The molecule has 0 aromatic heterocycles. The molecule has 1 atom stereocenters. The smallest absolute Gasteiger partial charge is 0.146 e. The third kappa shape index (κ3) is 4.35. The molecule has 0 aliphatic heterocycles. The van der Waals surface area contributed by atoms with E-state index < -0.39 is 0 Å². The molecule has 1 aromatic carbocycles. The molecular formula is C16H25FN2. The number of anilines is 1. The standard InChI is InChI=1S/C16H25FN2/c1-5-7-8-12-19(4)16-14(13(3)18-6-2)10-9-11-15(16)17/h5,9-11,13,18H,1,6-8,12H2,2-4H3. The van der Waals surface area contributed by atoms with Crippen LogP contribution in [0.4, 0.5) is 10.1 Å². The van der Waals surface area contributed by atoms with E-state index >= 15 is 0 Å². The first kappa shape index (κ1) is 15.7. The molecule has 0 aliphatic carbocycles. The Morgan fingerprint density at radius 3 is 2.84 bits per heavy atom. The van der Waals surface area contributed by atoms with Crippen molar-refractivity contribution in [1.29, 1.82) is 0 Å². The van der Waals surface area contributed by atoms with E-state index in [1.807, 2.05) is 24.1 Å². The first-order valence-corrected chi connectivity index (χ1v) is 6.95. The van der Waals surface area contributed by atoms with Gasteiger partial charge in [0.25, 0.3) is 0 Å². The number of unbranched alkanes of at least 4 members (excludes halogenated alkanes) is 1. The molecule has 0 radical (unpaired) electrons. The van der Waals surface area contributed by atoms with Crippen LogP contribution < -0.4 is 10.2 Å². The zero-order valence-electron chi connectivity index (χ0n) is 12.2. The fourth-order valence-electron chi connectivity index (χ4n) is 2.28. The Bertz CT molecular complexity index is 404. The van der Waals surface area contributed by atoms with Gasteiger partial charge in [0.1, 0.15) is 5.82 Å². The van der Waals surface area contributed by atoms with Gasteiger partial charge in [-0.1, -0.05) is 25.1 Å². The summed E-state index contributed by atoms with van der Waals surface area (Å²) in [6.07, 6.45) is 3.84. The molecule has 2 nitrogen and oxygen atoms in total. The lowest BCUT2D eigenvalue weighted by Gasteiger charge is -2.26. The highest BCUT2D eigenvalue weighted by Crippen LogP contribution is 2.28. The summed E-state index contributed by atoms with van der Waals surface area (Å²) in [5.41, 5.74) is 1.72. The Labute approximate surface area is 116 Å². The Hall–Kier alpha value is -1.35. The van der Waals surface area contributed by atoms with E-state index in [0.717, 1.165) is 31.5 Å². The van der Waals surface area contributed by atoms with Crippen molar-refractivity contribution < 1.29 is 4.39 Å². The van der Waals surface area contributed by atoms with Gasteiger partial charge in [-0.15, -0.1) is 6.58 Å². The van der Waals surface area contributed by atoms with E-state index in [1.54, 1.807) is 6.07 Å². The number of nitrogens with one attached hydrogen (secondary N) is 1. The highest BCUT2D eigenvalue weighted by Gasteiger charge is 2.16. The van der Waals surface area contributed by atoms with E-state index in [-0.39, 0.29) is 11.9 Å². The monoisotopic (exact) mass is 264 g/mol. The first-order chi connectivity index (χ1) is 9.11. The van der Waals surface area contributed by atoms with Crippen LogP contribution >= 0.6 is 0 Å². The third-order valence-corrected chi connectivity index (χ3v) is 3.28. The molecule has 0 aliphatic rings. The van der Waals surface area contributed by atoms with Gasteiger partial charge in [0, 0.05) is 19.6 Å². The summed E-state index contributed by atoms with van der Waals surface area (Å²) in [4.78, 5) is 2.00. The Kier molecular flexibility index (Phi) is 6.57. The van der Waals surface area contributed by atoms with Gasteiger partial charge in [0.2, 0.25) is 0 Å². The summed E-state index contributed by atoms with van der Waals surface area (Å²) in [6, 6.07) is 5.45. The summed E-state index contributed by atoms with van der Waals surface area (Å²) in [5, 5.41) is 3.34. The predicted octanol–water partition coefficient (Wildman–Crippen LogP) is 3.90. The van der Waals surface area contributed by atoms with Gasteiger partial charge in [-0.25, -0.2) is 4.39 Å². The maximum atomic E-state index is 14.1. The lowest BCUT2D eigenvalue weighted by molar-refractivity contribution is 0.578. The molecule has 0 fully saturated rings. The molecule has 1 N–H and O–H groups in total. The van der Waals surface area contributed by atoms with E-state index in [2.05, 4.69) is 25.7 Å². The lowest BCUT2D eigenvalue weighted by Crippen LogP contribution is -2.25. The van der Waals surface area contributed by atoms with Crippen molar-refractivity contribution in [2.75, 3.05) is 25.0 Å². The minimum atomic E-state index is -0.150. The van der Waals surface area contributed by atoms with Crippen LogP contribution in [0.15, 0.2) is 30.9 Å². The maximum absolute atomic E-state index is 14.1. The number of para-hydroxylation sites is 1. The van der Waals surface area contributed by atoms with Crippen LogP contribution in [0.3, 0.4) is 0 Å². The van der Waals surface area contributed by atoms with Crippen molar-refractivity contribution in [3.05, 3.63) is 42.2 Å². The van der Waals surface area contributed by atoms with Gasteiger partial charge in [0.05, 0.1) is 5.69 Å². The van der Waals surface area contributed by atoms with Gasteiger partial charge in [0.15, 0.2) is 0 Å². The molecule has 0 saturated carbocycles. The van der Waals surface area contributed by atoms with Crippen LogP contribution in [-0.4, -0.2) is 20.1 Å². The third-order valence-electron chi connectivity index (χ3n) is 3.28.